The van der Waals surface area contributed by atoms with Gasteiger partial charge in [-0.2, -0.15) is 0 Å². The monoisotopic (exact) mass is 181 g/mol. The second kappa shape index (κ2) is 3.63. The summed E-state index contributed by atoms with van der Waals surface area (Å²) >= 11 is 0. The van der Waals surface area contributed by atoms with E-state index in [1.54, 1.807) is 6.08 Å². The predicted octanol–water partition coefficient (Wildman–Crippen LogP) is 2.93. The Morgan fingerprint density at radius 2 is 2.08 bits per heavy atom. The summed E-state index contributed by atoms with van der Waals surface area (Å²) in [6.07, 6.45) is 6.52. The molecule has 0 aromatic rings. The maximum absolute atomic E-state index is 10.1. The quantitative estimate of drug-likeness (QED) is 0.486. The van der Waals surface area contributed by atoms with Gasteiger partial charge in [0.05, 0.1) is 6.54 Å². The van der Waals surface area contributed by atoms with Gasteiger partial charge in [-0.3, -0.25) is 0 Å². The first-order valence-electron chi connectivity index (χ1n) is 5.12. The molecule has 1 saturated carbocycles. The Morgan fingerprint density at radius 3 is 2.46 bits per heavy atom. The van der Waals surface area contributed by atoms with Gasteiger partial charge in [-0.25, -0.2) is 9.79 Å². The summed E-state index contributed by atoms with van der Waals surface area (Å²) in [5, 5.41) is 0. The Balaban J connectivity index is 2.84. The van der Waals surface area contributed by atoms with E-state index in [0.717, 1.165) is 6.42 Å². The molecule has 0 amide bonds. The fourth-order valence-corrected chi connectivity index (χ4v) is 2.72. The zero-order valence-corrected chi connectivity index (χ0v) is 8.89. The molecule has 1 aliphatic carbocycles. The maximum Gasteiger partial charge on any atom is 0.234 e. The minimum atomic E-state index is 0.254. The van der Waals surface area contributed by atoms with Crippen LogP contribution in [-0.2, 0) is 4.79 Å². The average Bonchev–Trinajstić information content (AvgIpc) is 2.38. The minimum absolute atomic E-state index is 0.254. The Bertz CT molecular complexity index is 228. The summed E-state index contributed by atoms with van der Waals surface area (Å²) in [5.41, 5.74) is 0.590. The minimum Gasteiger partial charge on any atom is -0.211 e. The SMILES string of the molecule is CCC1(CN=C=O)CCCC1(C)C. The van der Waals surface area contributed by atoms with Crippen LogP contribution in [0.2, 0.25) is 0 Å². The lowest BCUT2D eigenvalue weighted by atomic mass is 9.66. The van der Waals surface area contributed by atoms with E-state index < -0.39 is 0 Å². The number of nitrogens with zero attached hydrogens (tertiary/aromatic N) is 1. The number of hydrogen-bond acceptors (Lipinski definition) is 2. The smallest absolute Gasteiger partial charge is 0.211 e. The summed E-state index contributed by atoms with van der Waals surface area (Å²) in [5.74, 6) is 0. The van der Waals surface area contributed by atoms with E-state index in [9.17, 15) is 4.79 Å². The van der Waals surface area contributed by atoms with Gasteiger partial charge in [-0.1, -0.05) is 27.2 Å². The van der Waals surface area contributed by atoms with E-state index in [4.69, 9.17) is 0 Å². The van der Waals surface area contributed by atoms with E-state index >= 15 is 0 Å². The largest absolute Gasteiger partial charge is 0.234 e. The molecule has 1 aliphatic rings. The first-order chi connectivity index (χ1) is 6.08. The molecule has 1 rings (SSSR count). The van der Waals surface area contributed by atoms with Crippen LogP contribution in [0.15, 0.2) is 4.99 Å². The van der Waals surface area contributed by atoms with E-state index in [1.807, 2.05) is 0 Å². The van der Waals surface area contributed by atoms with Crippen LogP contribution < -0.4 is 0 Å². The highest BCUT2D eigenvalue weighted by Crippen LogP contribution is 2.54. The molecule has 0 spiro atoms. The van der Waals surface area contributed by atoms with Crippen LogP contribution in [-0.4, -0.2) is 12.6 Å². The van der Waals surface area contributed by atoms with Crippen LogP contribution in [0, 0.1) is 10.8 Å². The van der Waals surface area contributed by atoms with Crippen LogP contribution in [0.3, 0.4) is 0 Å². The molecule has 0 aromatic heterocycles. The molecule has 1 unspecified atom stereocenters. The van der Waals surface area contributed by atoms with Crippen molar-refractivity contribution in [2.45, 2.75) is 46.5 Å². The molecule has 0 N–H and O–H groups in total. The average molecular weight is 181 g/mol. The fourth-order valence-electron chi connectivity index (χ4n) is 2.72. The molecule has 0 heterocycles. The van der Waals surface area contributed by atoms with Crippen molar-refractivity contribution in [1.29, 1.82) is 0 Å². The summed E-state index contributed by atoms with van der Waals surface area (Å²) in [6, 6.07) is 0. The molecule has 0 aliphatic heterocycles. The second-order valence-electron chi connectivity index (χ2n) is 4.78. The Kier molecular flexibility index (Phi) is 2.92. The van der Waals surface area contributed by atoms with Crippen molar-refractivity contribution in [3.63, 3.8) is 0 Å². The van der Waals surface area contributed by atoms with Gasteiger partial charge < -0.3 is 0 Å². The van der Waals surface area contributed by atoms with Gasteiger partial charge >= 0.3 is 0 Å². The number of rotatable bonds is 3. The third-order valence-electron chi connectivity index (χ3n) is 4.02. The Morgan fingerprint density at radius 1 is 1.38 bits per heavy atom. The van der Waals surface area contributed by atoms with Gasteiger partial charge in [-0.05, 0) is 30.1 Å². The highest BCUT2D eigenvalue weighted by Gasteiger charge is 2.46. The lowest BCUT2D eigenvalue weighted by Gasteiger charge is -2.39. The van der Waals surface area contributed by atoms with Crippen molar-refractivity contribution < 1.29 is 4.79 Å². The standard InChI is InChI=1S/C11H19NO/c1-4-11(8-12-9-13)7-5-6-10(11,2)3/h4-8H2,1-3H3. The molecule has 0 aromatic carbocycles. The zero-order chi connectivity index (χ0) is 9.95. The van der Waals surface area contributed by atoms with Crippen LogP contribution >= 0.6 is 0 Å². The number of hydrogen-bond donors (Lipinski definition) is 0. The first kappa shape index (κ1) is 10.5. The molecular formula is C11H19NO. The van der Waals surface area contributed by atoms with Crippen LogP contribution in [0.5, 0.6) is 0 Å². The first-order valence-corrected chi connectivity index (χ1v) is 5.12. The van der Waals surface area contributed by atoms with Gasteiger partial charge in [-0.15, -0.1) is 0 Å². The second-order valence-corrected chi connectivity index (χ2v) is 4.78. The molecule has 0 bridgehead atoms. The third kappa shape index (κ3) is 1.68. The van der Waals surface area contributed by atoms with E-state index in [-0.39, 0.29) is 5.41 Å². The lowest BCUT2D eigenvalue weighted by molar-refractivity contribution is 0.113. The third-order valence-corrected chi connectivity index (χ3v) is 4.02. The van der Waals surface area contributed by atoms with Gasteiger partial charge in [0.25, 0.3) is 0 Å². The van der Waals surface area contributed by atoms with Crippen molar-refractivity contribution in [2.24, 2.45) is 15.8 Å². The molecule has 1 atom stereocenters. The Hall–Kier alpha value is -0.620. The van der Waals surface area contributed by atoms with E-state index in [0.29, 0.717) is 12.0 Å². The van der Waals surface area contributed by atoms with Gasteiger partial charge in [0.15, 0.2) is 0 Å². The molecule has 74 valence electrons. The van der Waals surface area contributed by atoms with Crippen molar-refractivity contribution >= 4 is 6.08 Å². The highest BCUT2D eigenvalue weighted by molar-refractivity contribution is 5.33. The number of aliphatic imine (C=N–C) groups is 1. The molecule has 2 heteroatoms. The number of carbonyl (C=O) groups excluding carboxylic acids is 1. The maximum atomic E-state index is 10.1. The molecule has 13 heavy (non-hydrogen) atoms. The molecule has 1 fully saturated rings. The molecular weight excluding hydrogens is 162 g/mol. The fraction of sp³-hybridized carbons (Fsp3) is 0.909. The molecule has 0 radical (unpaired) electrons. The van der Waals surface area contributed by atoms with E-state index in [1.165, 1.54) is 19.3 Å². The topological polar surface area (TPSA) is 29.4 Å². The molecule has 0 saturated heterocycles. The van der Waals surface area contributed by atoms with Gasteiger partial charge in [0.2, 0.25) is 6.08 Å². The summed E-state index contributed by atoms with van der Waals surface area (Å²) in [6.45, 7) is 7.46. The van der Waals surface area contributed by atoms with Crippen LogP contribution in [0.1, 0.15) is 46.5 Å². The van der Waals surface area contributed by atoms with Gasteiger partial charge in [0, 0.05) is 0 Å². The Labute approximate surface area is 80.4 Å². The normalized spacial score (nSPS) is 31.3. The van der Waals surface area contributed by atoms with Crippen molar-refractivity contribution in [2.75, 3.05) is 6.54 Å². The van der Waals surface area contributed by atoms with Crippen molar-refractivity contribution in [3.05, 3.63) is 0 Å². The highest BCUT2D eigenvalue weighted by atomic mass is 16.1. The number of isocyanates is 1. The summed E-state index contributed by atoms with van der Waals surface area (Å²) < 4.78 is 0. The van der Waals surface area contributed by atoms with E-state index in [2.05, 4.69) is 25.8 Å². The van der Waals surface area contributed by atoms with Crippen LogP contribution in [0.4, 0.5) is 0 Å². The molecule has 2 nitrogen and oxygen atoms in total. The predicted molar refractivity (Wildman–Crippen MR) is 53.3 cm³/mol. The van der Waals surface area contributed by atoms with Gasteiger partial charge in [0.1, 0.15) is 0 Å². The summed E-state index contributed by atoms with van der Waals surface area (Å²) in [4.78, 5) is 13.9. The van der Waals surface area contributed by atoms with Crippen molar-refractivity contribution in [3.8, 4) is 0 Å². The zero-order valence-electron chi connectivity index (χ0n) is 8.89. The lowest BCUT2D eigenvalue weighted by Crippen LogP contribution is -2.34. The van der Waals surface area contributed by atoms with Crippen molar-refractivity contribution in [1.82, 2.24) is 0 Å². The summed E-state index contributed by atoms with van der Waals surface area (Å²) in [7, 11) is 0. The van der Waals surface area contributed by atoms with Crippen LogP contribution in [0.25, 0.3) is 0 Å².